The van der Waals surface area contributed by atoms with Gasteiger partial charge in [-0.25, -0.2) is 14.3 Å². The maximum atomic E-state index is 13.8. The van der Waals surface area contributed by atoms with Gasteiger partial charge in [-0.2, -0.15) is 5.26 Å². The topological polar surface area (TPSA) is 176 Å². The molecule has 0 saturated carbocycles. The Hall–Kier alpha value is -7.77. The van der Waals surface area contributed by atoms with Gasteiger partial charge in [-0.15, -0.1) is 0 Å². The number of carbonyl (C=O) groups excluding carboxylic acids is 1. The predicted octanol–water partition coefficient (Wildman–Crippen LogP) is 9.50. The van der Waals surface area contributed by atoms with E-state index in [1.807, 2.05) is 155 Å². The maximum Gasteiger partial charge on any atom is 0.413 e. The molecule has 0 spiro atoms. The van der Waals surface area contributed by atoms with Crippen LogP contribution in [0.4, 0.5) is 4.79 Å². The summed E-state index contributed by atoms with van der Waals surface area (Å²) in [5, 5.41) is 12.1. The van der Waals surface area contributed by atoms with Gasteiger partial charge in [-0.3, -0.25) is 14.3 Å². The fraction of sp³-hybridized carbons (Fsp3) is 0.288. The minimum Gasteiger partial charge on any atom is -0.497 e. The lowest BCUT2D eigenvalue weighted by Crippen LogP contribution is -2.39. The third kappa shape index (κ3) is 12.6. The molecule has 8 rings (SSSR count). The second-order valence-electron chi connectivity index (χ2n) is 18.0. The molecule has 0 radical (unpaired) electrons. The van der Waals surface area contributed by atoms with E-state index in [0.717, 1.165) is 27.8 Å². The van der Waals surface area contributed by atoms with E-state index in [0.29, 0.717) is 28.4 Å². The van der Waals surface area contributed by atoms with Gasteiger partial charge in [0.15, 0.2) is 0 Å². The van der Waals surface area contributed by atoms with Gasteiger partial charge < -0.3 is 38.0 Å². The molecule has 2 heterocycles. The highest BCUT2D eigenvalue weighted by Crippen LogP contribution is 2.51. The highest BCUT2D eigenvalue weighted by molar-refractivity contribution is 7.44. The lowest BCUT2D eigenvalue weighted by molar-refractivity contribution is -0.0925. The molecule has 384 valence electrons. The van der Waals surface area contributed by atoms with Gasteiger partial charge in [-0.1, -0.05) is 109 Å². The Bertz CT molecular complexity index is 3220. The van der Waals surface area contributed by atoms with Crippen LogP contribution in [0.15, 0.2) is 143 Å². The van der Waals surface area contributed by atoms with Crippen LogP contribution in [0.5, 0.6) is 11.5 Å². The fourth-order valence-corrected chi connectivity index (χ4v) is 10.7. The molecule has 2 aliphatic rings. The first-order valence-corrected chi connectivity index (χ1v) is 25.7. The average Bonchev–Trinajstić information content (AvgIpc) is 3.82. The molecule has 1 unspecified atom stereocenters. The molecule has 1 aliphatic heterocycles. The Kier molecular flexibility index (Phi) is 17.8. The second-order valence-corrected chi connectivity index (χ2v) is 19.4. The van der Waals surface area contributed by atoms with Crippen LogP contribution in [0.1, 0.15) is 91.3 Å². The van der Waals surface area contributed by atoms with Gasteiger partial charge in [0, 0.05) is 41.4 Å². The zero-order chi connectivity index (χ0) is 52.9. The molecule has 4 atom stereocenters. The zero-order valence-electron chi connectivity index (χ0n) is 42.6. The number of nitrogens with one attached hydrogen (secondary N) is 2. The Balaban J connectivity index is 1.10. The first-order chi connectivity index (χ1) is 36.4. The molecule has 1 saturated heterocycles. The number of carbonyl (C=O) groups is 1. The van der Waals surface area contributed by atoms with Gasteiger partial charge in [-0.05, 0) is 98.5 Å². The van der Waals surface area contributed by atoms with Crippen molar-refractivity contribution in [3.05, 3.63) is 199 Å². The number of methoxy groups -OCH3 is 2. The lowest BCUT2D eigenvalue weighted by atomic mass is 9.80. The number of hydrogen-bond donors (Lipinski definition) is 2. The average molecular weight is 1030 g/mol. The molecule has 75 heavy (non-hydrogen) atoms. The van der Waals surface area contributed by atoms with Gasteiger partial charge in [0.25, 0.3) is 14.1 Å². The summed E-state index contributed by atoms with van der Waals surface area (Å²) in [5.41, 5.74) is 2.61. The molecule has 1 aromatic heterocycles. The number of ether oxygens (including phenoxy) is 5. The zero-order valence-corrected chi connectivity index (χ0v) is 43.5. The third-order valence-corrected chi connectivity index (χ3v) is 14.7. The van der Waals surface area contributed by atoms with Crippen molar-refractivity contribution in [3.8, 4) is 41.2 Å². The monoisotopic (exact) mass is 1030 g/mol. The van der Waals surface area contributed by atoms with Crippen molar-refractivity contribution in [2.24, 2.45) is 0 Å². The van der Waals surface area contributed by atoms with E-state index in [9.17, 15) is 19.6 Å². The van der Waals surface area contributed by atoms with Crippen molar-refractivity contribution < 1.29 is 37.5 Å². The van der Waals surface area contributed by atoms with Crippen LogP contribution in [-0.2, 0) is 28.9 Å². The van der Waals surface area contributed by atoms with Crippen molar-refractivity contribution in [1.29, 1.82) is 5.26 Å². The molecular weight excluding hydrogens is 970 g/mol. The van der Waals surface area contributed by atoms with Crippen LogP contribution in [0.25, 0.3) is 11.8 Å². The highest BCUT2D eigenvalue weighted by atomic mass is 31.2. The quantitative estimate of drug-likeness (QED) is 0.0341. The smallest absolute Gasteiger partial charge is 0.413 e. The standard InChI is InChI=1S/C59H58N5O10P/c1-40(2)64(41(3)4)75(71-35-15-33-60)74-53-37-55(72-54(53)39-70-59(46-20-8-7-9-21-46,47-25-29-49(68-5)30-26-47)48-27-31-50(69-6)32-28-48)63-38-45(56(65)62-57(63)66)19-14-34-61-58(67)73-52-36-44-18-11-10-16-42(44)23-24-43-17-12-13-22-51(43)52/h7-13,16-18,20-22,25-32,36,38,40-41,53-55H,15,34-35,37,39H2,1-6H3,(H,61,67)(H,62,65,66)/b44-36?,52-36+,52-51?/t53-,54+,55+,75?/m0/s1. The maximum absolute atomic E-state index is 13.8. The molecule has 0 bridgehead atoms. The summed E-state index contributed by atoms with van der Waals surface area (Å²) >= 11 is 0. The molecule has 2 N–H and O–H groups in total. The van der Waals surface area contributed by atoms with Crippen molar-refractivity contribution in [3.63, 3.8) is 0 Å². The molecule has 1 fully saturated rings. The summed E-state index contributed by atoms with van der Waals surface area (Å²) in [6.07, 6.45) is 0.0657. The van der Waals surface area contributed by atoms with Crippen molar-refractivity contribution >= 4 is 26.5 Å². The number of alkyl carbamates (subject to hydrolysis) is 1. The van der Waals surface area contributed by atoms with E-state index in [4.69, 9.17) is 32.7 Å². The van der Waals surface area contributed by atoms with Gasteiger partial charge in [0.1, 0.15) is 40.8 Å². The van der Waals surface area contributed by atoms with Crippen molar-refractivity contribution in [2.45, 2.75) is 76.7 Å². The molecule has 5 aromatic carbocycles. The number of benzene rings is 5. The summed E-state index contributed by atoms with van der Waals surface area (Å²) in [6.45, 7) is 8.06. The molecule has 15 nitrogen and oxygen atoms in total. The fourth-order valence-electron chi connectivity index (χ4n) is 8.99. The van der Waals surface area contributed by atoms with Crippen molar-refractivity contribution in [2.75, 3.05) is 34.0 Å². The van der Waals surface area contributed by atoms with Gasteiger partial charge >= 0.3 is 11.8 Å². The Morgan fingerprint density at radius 3 is 2.12 bits per heavy atom. The largest absolute Gasteiger partial charge is 0.497 e. The van der Waals surface area contributed by atoms with Crippen LogP contribution in [-0.4, -0.2) is 78.6 Å². The predicted molar refractivity (Wildman–Crippen MR) is 286 cm³/mol. The summed E-state index contributed by atoms with van der Waals surface area (Å²) in [6, 6.07) is 42.3. The molecule has 1 aliphatic carbocycles. The first kappa shape index (κ1) is 53.5. The second kappa shape index (κ2) is 25.0. The SMILES string of the molecule is COc1ccc(C(OC[C@H]2O[C@@H](n3cc(C#CCNC(=O)O/C4=C/c5ccccc5C#Cc5ccccc54)c(=O)[nH]c3=O)C[C@@H]2OP(OCCC#N)N(C(C)C)C(C)C)(c2ccccc2)c2ccc(OC)cc2)cc1. The lowest BCUT2D eigenvalue weighted by Gasteiger charge is -2.39. The minimum atomic E-state index is -1.79. The number of hydrogen-bond acceptors (Lipinski definition) is 12. The summed E-state index contributed by atoms with van der Waals surface area (Å²) in [5.74, 6) is 13.6. The van der Waals surface area contributed by atoms with Gasteiger partial charge in [0.2, 0.25) is 0 Å². The van der Waals surface area contributed by atoms with Crippen LogP contribution < -0.4 is 26.0 Å². The minimum absolute atomic E-state index is 0.0104. The number of nitriles is 1. The Morgan fingerprint density at radius 1 is 0.853 bits per heavy atom. The van der Waals surface area contributed by atoms with Crippen LogP contribution in [0, 0.1) is 35.0 Å². The van der Waals surface area contributed by atoms with Crippen LogP contribution in [0.2, 0.25) is 0 Å². The number of rotatable bonds is 19. The normalized spacial score (nSPS) is 16.9. The van der Waals surface area contributed by atoms with Crippen LogP contribution in [0.3, 0.4) is 0 Å². The van der Waals surface area contributed by atoms with Crippen molar-refractivity contribution in [1.82, 2.24) is 19.5 Å². The van der Waals surface area contributed by atoms with E-state index in [1.165, 1.54) is 10.8 Å². The van der Waals surface area contributed by atoms with E-state index >= 15 is 0 Å². The van der Waals surface area contributed by atoms with E-state index in [1.54, 1.807) is 20.3 Å². The number of fused-ring (bicyclic) bond motifs is 2. The number of aromatic nitrogens is 2. The van der Waals surface area contributed by atoms with E-state index in [-0.39, 0.29) is 50.2 Å². The molecule has 6 aromatic rings. The molecular formula is C59H58N5O10P. The number of aromatic amines is 1. The number of nitrogens with zero attached hydrogens (tertiary/aromatic N) is 3. The van der Waals surface area contributed by atoms with Gasteiger partial charge in [0.05, 0.1) is 52.6 Å². The third-order valence-electron chi connectivity index (χ3n) is 12.5. The van der Waals surface area contributed by atoms with E-state index in [2.05, 4.69) is 44.7 Å². The summed E-state index contributed by atoms with van der Waals surface area (Å²) < 4.78 is 47.9. The number of H-pyrrole nitrogens is 1. The van der Waals surface area contributed by atoms with Crippen LogP contribution >= 0.6 is 8.53 Å². The summed E-state index contributed by atoms with van der Waals surface area (Å²) in [7, 11) is 1.43. The highest BCUT2D eigenvalue weighted by Gasteiger charge is 2.45. The Morgan fingerprint density at radius 2 is 1.47 bits per heavy atom. The Labute approximate surface area is 437 Å². The first-order valence-electron chi connectivity index (χ1n) is 24.5. The molecule has 16 heteroatoms. The summed E-state index contributed by atoms with van der Waals surface area (Å²) in [4.78, 5) is 42.8. The van der Waals surface area contributed by atoms with E-state index < -0.39 is 49.9 Å². The number of amides is 1. The molecule has 1 amide bonds.